The highest BCUT2D eigenvalue weighted by atomic mass is 35.5. The monoisotopic (exact) mass is 260 g/mol. The first kappa shape index (κ1) is 12.2. The van der Waals surface area contributed by atoms with Crippen molar-refractivity contribution in [2.75, 3.05) is 0 Å². The van der Waals surface area contributed by atoms with Crippen molar-refractivity contribution >= 4 is 11.6 Å². The van der Waals surface area contributed by atoms with Gasteiger partial charge in [0, 0.05) is 5.69 Å². The van der Waals surface area contributed by atoms with E-state index in [-0.39, 0.29) is 10.7 Å². The lowest BCUT2D eigenvalue weighted by Gasteiger charge is -2.21. The average molecular weight is 261 g/mol. The molecule has 17 heavy (non-hydrogen) atoms. The lowest BCUT2D eigenvalue weighted by atomic mass is 9.90. The Morgan fingerprint density at radius 1 is 1.24 bits per heavy atom. The average Bonchev–Trinajstić information content (AvgIpc) is 2.25. The van der Waals surface area contributed by atoms with E-state index in [2.05, 4.69) is 4.98 Å². The summed E-state index contributed by atoms with van der Waals surface area (Å²) in [7, 11) is 0. The predicted octanol–water partition coefficient (Wildman–Crippen LogP) is 3.50. The molecule has 6 heteroatoms. The van der Waals surface area contributed by atoms with E-state index >= 15 is 0 Å². The standard InChI is InChI=1S/C11H8ClF3N2/c12-10-7(5-16)9(11(13,14)15)6-3-1-2-4-8(6)17-10/h1-4H2. The molecule has 0 atom stereocenters. The number of halogens is 4. The molecule has 0 saturated carbocycles. The molecule has 0 amide bonds. The predicted molar refractivity (Wildman–Crippen MR) is 55.6 cm³/mol. The molecule has 1 aliphatic carbocycles. The fourth-order valence-electron chi connectivity index (χ4n) is 2.13. The molecule has 2 nitrogen and oxygen atoms in total. The SMILES string of the molecule is N#Cc1c(Cl)nc2c(c1C(F)(F)F)CCCC2. The van der Waals surface area contributed by atoms with E-state index in [1.54, 1.807) is 0 Å². The van der Waals surface area contributed by atoms with Crippen LogP contribution < -0.4 is 0 Å². The van der Waals surface area contributed by atoms with Gasteiger partial charge in [-0.3, -0.25) is 0 Å². The van der Waals surface area contributed by atoms with Gasteiger partial charge in [0.25, 0.3) is 0 Å². The maximum atomic E-state index is 13.0. The molecule has 0 radical (unpaired) electrons. The summed E-state index contributed by atoms with van der Waals surface area (Å²) in [6.07, 6.45) is -2.27. The first-order valence-corrected chi connectivity index (χ1v) is 5.51. The van der Waals surface area contributed by atoms with Gasteiger partial charge in [-0.15, -0.1) is 0 Å². The summed E-state index contributed by atoms with van der Waals surface area (Å²) in [5, 5.41) is 8.44. The van der Waals surface area contributed by atoms with Gasteiger partial charge in [-0.1, -0.05) is 11.6 Å². The number of nitrogens with zero attached hydrogens (tertiary/aromatic N) is 2. The Bertz CT molecular complexity index is 503. The minimum absolute atomic E-state index is 0.143. The Kier molecular flexibility index (Phi) is 3.00. The zero-order valence-corrected chi connectivity index (χ0v) is 9.49. The van der Waals surface area contributed by atoms with Gasteiger partial charge in [0.2, 0.25) is 0 Å². The lowest BCUT2D eigenvalue weighted by Crippen LogP contribution is -2.18. The zero-order valence-electron chi connectivity index (χ0n) is 8.73. The van der Waals surface area contributed by atoms with Crippen LogP contribution in [0.3, 0.4) is 0 Å². The van der Waals surface area contributed by atoms with Crippen LogP contribution in [0.2, 0.25) is 5.15 Å². The van der Waals surface area contributed by atoms with E-state index in [9.17, 15) is 13.2 Å². The van der Waals surface area contributed by atoms with E-state index in [1.807, 2.05) is 0 Å². The van der Waals surface area contributed by atoms with Gasteiger partial charge in [-0.25, -0.2) is 4.98 Å². The Balaban J connectivity index is 2.76. The number of rotatable bonds is 0. The minimum atomic E-state index is -4.56. The second kappa shape index (κ2) is 4.19. The smallest absolute Gasteiger partial charge is 0.239 e. The van der Waals surface area contributed by atoms with Gasteiger partial charge in [0.15, 0.2) is 0 Å². The number of hydrogen-bond acceptors (Lipinski definition) is 2. The van der Waals surface area contributed by atoms with Crippen LogP contribution in [-0.2, 0) is 19.0 Å². The molecule has 0 bridgehead atoms. The number of alkyl halides is 3. The Morgan fingerprint density at radius 2 is 1.88 bits per heavy atom. The molecule has 1 aromatic rings. The van der Waals surface area contributed by atoms with Gasteiger partial charge in [0.05, 0.1) is 5.56 Å². The van der Waals surface area contributed by atoms with Gasteiger partial charge >= 0.3 is 6.18 Å². The number of aromatic nitrogens is 1. The number of fused-ring (bicyclic) bond motifs is 1. The summed E-state index contributed by atoms with van der Waals surface area (Å²) in [4.78, 5) is 3.90. The van der Waals surface area contributed by atoms with E-state index in [4.69, 9.17) is 16.9 Å². The highest BCUT2D eigenvalue weighted by molar-refractivity contribution is 6.30. The van der Waals surface area contributed by atoms with E-state index < -0.39 is 17.3 Å². The summed E-state index contributed by atoms with van der Waals surface area (Å²) in [5.41, 5.74) is -0.924. The fraction of sp³-hybridized carbons (Fsp3) is 0.455. The highest BCUT2D eigenvalue weighted by Crippen LogP contribution is 2.39. The maximum absolute atomic E-state index is 13.0. The van der Waals surface area contributed by atoms with Crippen molar-refractivity contribution in [3.8, 4) is 6.07 Å². The second-order valence-electron chi connectivity index (χ2n) is 3.89. The van der Waals surface area contributed by atoms with E-state index in [1.165, 1.54) is 6.07 Å². The largest absolute Gasteiger partial charge is 0.418 e. The fourth-order valence-corrected chi connectivity index (χ4v) is 2.36. The molecule has 0 aromatic carbocycles. The Hall–Kier alpha value is -1.28. The van der Waals surface area contributed by atoms with Crippen molar-refractivity contribution in [1.29, 1.82) is 5.26 Å². The Labute approximate surface area is 101 Å². The quantitative estimate of drug-likeness (QED) is 0.670. The Morgan fingerprint density at radius 3 is 2.47 bits per heavy atom. The number of aryl methyl sites for hydroxylation is 1. The molecule has 1 aromatic heterocycles. The van der Waals surface area contributed by atoms with Crippen LogP contribution in [-0.4, -0.2) is 4.98 Å². The van der Waals surface area contributed by atoms with Gasteiger partial charge in [0.1, 0.15) is 16.8 Å². The molecule has 0 unspecified atom stereocenters. The molecule has 1 aliphatic rings. The van der Waals surface area contributed by atoms with Crippen molar-refractivity contribution in [3.05, 3.63) is 27.5 Å². The van der Waals surface area contributed by atoms with Crippen LogP contribution in [0.15, 0.2) is 0 Å². The van der Waals surface area contributed by atoms with Crippen molar-refractivity contribution in [2.45, 2.75) is 31.9 Å². The van der Waals surface area contributed by atoms with Crippen molar-refractivity contribution in [3.63, 3.8) is 0 Å². The highest BCUT2D eigenvalue weighted by Gasteiger charge is 2.39. The lowest BCUT2D eigenvalue weighted by molar-refractivity contribution is -0.138. The summed E-state index contributed by atoms with van der Waals surface area (Å²) in [6.45, 7) is 0. The molecular formula is C11H8ClF3N2. The number of pyridine rings is 1. The summed E-state index contributed by atoms with van der Waals surface area (Å²) >= 11 is 5.64. The van der Waals surface area contributed by atoms with Gasteiger partial charge in [-0.05, 0) is 31.2 Å². The van der Waals surface area contributed by atoms with Crippen LogP contribution in [0.4, 0.5) is 13.2 Å². The van der Waals surface area contributed by atoms with Crippen LogP contribution in [0, 0.1) is 11.3 Å². The summed E-state index contributed by atoms with van der Waals surface area (Å²) < 4.78 is 38.9. The van der Waals surface area contributed by atoms with Crippen molar-refractivity contribution < 1.29 is 13.2 Å². The first-order valence-electron chi connectivity index (χ1n) is 5.13. The van der Waals surface area contributed by atoms with Gasteiger partial charge < -0.3 is 0 Å². The van der Waals surface area contributed by atoms with Crippen LogP contribution in [0.1, 0.15) is 35.2 Å². The molecule has 0 N–H and O–H groups in total. The molecule has 0 saturated heterocycles. The summed E-state index contributed by atoms with van der Waals surface area (Å²) in [5.74, 6) is 0. The third kappa shape index (κ3) is 2.09. The van der Waals surface area contributed by atoms with E-state index in [0.717, 1.165) is 6.42 Å². The maximum Gasteiger partial charge on any atom is 0.418 e. The van der Waals surface area contributed by atoms with Crippen molar-refractivity contribution in [1.82, 2.24) is 4.98 Å². The van der Waals surface area contributed by atoms with Crippen LogP contribution in [0.5, 0.6) is 0 Å². The number of hydrogen-bond donors (Lipinski definition) is 0. The second-order valence-corrected chi connectivity index (χ2v) is 4.25. The molecule has 0 aliphatic heterocycles. The van der Waals surface area contributed by atoms with Gasteiger partial charge in [-0.2, -0.15) is 18.4 Å². The van der Waals surface area contributed by atoms with Crippen LogP contribution >= 0.6 is 11.6 Å². The minimum Gasteiger partial charge on any atom is -0.239 e. The third-order valence-corrected chi connectivity index (χ3v) is 3.10. The topological polar surface area (TPSA) is 36.7 Å². The molecule has 0 spiro atoms. The first-order chi connectivity index (χ1) is 7.95. The molecule has 2 rings (SSSR count). The van der Waals surface area contributed by atoms with Crippen molar-refractivity contribution in [2.24, 2.45) is 0 Å². The molecule has 90 valence electrons. The molecular weight excluding hydrogens is 253 g/mol. The molecule has 1 heterocycles. The zero-order chi connectivity index (χ0) is 12.6. The third-order valence-electron chi connectivity index (χ3n) is 2.83. The van der Waals surface area contributed by atoms with E-state index in [0.29, 0.717) is 25.0 Å². The molecule has 0 fully saturated rings. The van der Waals surface area contributed by atoms with Crippen LogP contribution in [0.25, 0.3) is 0 Å². The number of nitriles is 1. The summed E-state index contributed by atoms with van der Waals surface area (Å²) in [6, 6.07) is 1.51. The normalized spacial score (nSPS) is 15.2.